The maximum Gasteiger partial charge on any atom is 0.0777 e. The molecular weight excluding hydrogens is 216 g/mol. The van der Waals surface area contributed by atoms with E-state index in [9.17, 15) is 0 Å². The molecule has 102 valence electrons. The molecule has 0 saturated carbocycles. The molecule has 0 amide bonds. The second-order valence-electron chi connectivity index (χ2n) is 5.26. The lowest BCUT2D eigenvalue weighted by Crippen LogP contribution is -2.51. The Morgan fingerprint density at radius 1 is 1.53 bits per heavy atom. The molecule has 4 nitrogen and oxygen atoms in total. The van der Waals surface area contributed by atoms with Crippen molar-refractivity contribution in [1.82, 2.24) is 10.2 Å². The number of methoxy groups -OCH3 is 1. The Kier molecular flexibility index (Phi) is 6.41. The maximum atomic E-state index is 9.06. The molecule has 1 heterocycles. The quantitative estimate of drug-likeness (QED) is 0.697. The number of hydrogen-bond acceptors (Lipinski definition) is 4. The molecule has 0 aromatic rings. The Balaban J connectivity index is 2.43. The molecule has 0 spiro atoms. The zero-order chi connectivity index (χ0) is 12.7. The van der Waals surface area contributed by atoms with Crippen molar-refractivity contribution in [3.05, 3.63) is 0 Å². The van der Waals surface area contributed by atoms with Crippen LogP contribution in [-0.2, 0) is 4.74 Å². The smallest absolute Gasteiger partial charge is 0.0777 e. The minimum atomic E-state index is 0.00816. The number of rotatable bonds is 7. The van der Waals surface area contributed by atoms with Crippen molar-refractivity contribution in [1.29, 1.82) is 0 Å². The summed E-state index contributed by atoms with van der Waals surface area (Å²) in [5.74, 6) is 0. The van der Waals surface area contributed by atoms with Gasteiger partial charge in [-0.05, 0) is 39.3 Å². The summed E-state index contributed by atoms with van der Waals surface area (Å²) in [6.45, 7) is 8.66. The van der Waals surface area contributed by atoms with Gasteiger partial charge in [-0.2, -0.15) is 0 Å². The fourth-order valence-corrected chi connectivity index (χ4v) is 2.64. The van der Waals surface area contributed by atoms with Gasteiger partial charge in [-0.1, -0.05) is 6.92 Å². The molecule has 1 aliphatic heterocycles. The normalized spacial score (nSPS) is 28.2. The minimum Gasteiger partial charge on any atom is -0.396 e. The Morgan fingerprint density at radius 2 is 2.29 bits per heavy atom. The molecule has 0 aliphatic carbocycles. The van der Waals surface area contributed by atoms with Crippen LogP contribution < -0.4 is 5.32 Å². The third-order valence-electron chi connectivity index (χ3n) is 3.68. The van der Waals surface area contributed by atoms with E-state index >= 15 is 0 Å². The number of nitrogens with zero attached hydrogens (tertiary/aromatic N) is 1. The van der Waals surface area contributed by atoms with Gasteiger partial charge in [0, 0.05) is 32.8 Å². The van der Waals surface area contributed by atoms with E-state index in [4.69, 9.17) is 9.84 Å². The fraction of sp³-hybridized carbons (Fsp3) is 1.00. The highest BCUT2D eigenvalue weighted by Crippen LogP contribution is 2.23. The zero-order valence-electron chi connectivity index (χ0n) is 11.5. The van der Waals surface area contributed by atoms with Crippen molar-refractivity contribution >= 4 is 0 Å². The summed E-state index contributed by atoms with van der Waals surface area (Å²) in [5, 5.41) is 12.5. The molecular formula is C13H28N2O2. The summed E-state index contributed by atoms with van der Waals surface area (Å²) in [5.41, 5.74) is 0.00816. The zero-order valence-corrected chi connectivity index (χ0v) is 11.5. The van der Waals surface area contributed by atoms with Crippen LogP contribution in [0.15, 0.2) is 0 Å². The number of likely N-dealkylation sites (N-methyl/N-ethyl adjacent to an activating group) is 1. The lowest BCUT2D eigenvalue weighted by molar-refractivity contribution is -0.0526. The Hall–Kier alpha value is -0.160. The predicted octanol–water partition coefficient (Wildman–Crippen LogP) is 0.848. The summed E-state index contributed by atoms with van der Waals surface area (Å²) >= 11 is 0. The molecule has 0 bridgehead atoms. The monoisotopic (exact) mass is 244 g/mol. The van der Waals surface area contributed by atoms with Crippen molar-refractivity contribution in [3.8, 4) is 0 Å². The largest absolute Gasteiger partial charge is 0.396 e. The molecule has 0 radical (unpaired) electrons. The molecule has 1 aliphatic rings. The number of likely N-dealkylation sites (tertiary alicyclic amines) is 1. The van der Waals surface area contributed by atoms with Gasteiger partial charge >= 0.3 is 0 Å². The first kappa shape index (κ1) is 14.9. The lowest BCUT2D eigenvalue weighted by Gasteiger charge is -2.40. The number of hydrogen-bond donors (Lipinski definition) is 2. The van der Waals surface area contributed by atoms with Crippen LogP contribution in [0.4, 0.5) is 0 Å². The van der Waals surface area contributed by atoms with Crippen LogP contribution in [0.25, 0.3) is 0 Å². The van der Waals surface area contributed by atoms with Gasteiger partial charge in [-0.25, -0.2) is 0 Å². The van der Waals surface area contributed by atoms with E-state index in [2.05, 4.69) is 24.1 Å². The lowest BCUT2D eigenvalue weighted by atomic mass is 9.94. The molecule has 2 atom stereocenters. The number of ether oxygens (including phenoxy) is 1. The third-order valence-corrected chi connectivity index (χ3v) is 3.68. The van der Waals surface area contributed by atoms with Crippen LogP contribution in [0.2, 0.25) is 0 Å². The summed E-state index contributed by atoms with van der Waals surface area (Å²) in [6.07, 6.45) is 3.17. The Labute approximate surface area is 105 Å². The van der Waals surface area contributed by atoms with Gasteiger partial charge in [0.25, 0.3) is 0 Å². The number of piperidine rings is 1. The number of aliphatic hydroxyl groups excluding tert-OH is 1. The van der Waals surface area contributed by atoms with E-state index in [1.165, 1.54) is 6.42 Å². The van der Waals surface area contributed by atoms with Crippen LogP contribution >= 0.6 is 0 Å². The molecule has 1 fully saturated rings. The highest BCUT2D eigenvalue weighted by molar-refractivity contribution is 4.86. The van der Waals surface area contributed by atoms with Crippen molar-refractivity contribution in [2.24, 2.45) is 0 Å². The van der Waals surface area contributed by atoms with E-state index in [0.29, 0.717) is 6.04 Å². The van der Waals surface area contributed by atoms with Gasteiger partial charge in [-0.15, -0.1) is 0 Å². The minimum absolute atomic E-state index is 0.00816. The van der Waals surface area contributed by atoms with E-state index in [-0.39, 0.29) is 12.2 Å². The molecule has 1 saturated heterocycles. The van der Waals surface area contributed by atoms with Crippen LogP contribution in [0.5, 0.6) is 0 Å². The van der Waals surface area contributed by atoms with Gasteiger partial charge in [-0.3, -0.25) is 4.90 Å². The van der Waals surface area contributed by atoms with E-state index in [1.807, 2.05) is 0 Å². The van der Waals surface area contributed by atoms with Gasteiger partial charge in [0.1, 0.15) is 0 Å². The molecule has 1 rings (SSSR count). The summed E-state index contributed by atoms with van der Waals surface area (Å²) in [7, 11) is 1.80. The van der Waals surface area contributed by atoms with Crippen molar-refractivity contribution in [2.75, 3.05) is 39.9 Å². The standard InChI is InChI=1S/C13H28N2O2/c1-4-14-12(6-9-16)10-15-8-5-7-13(2,11-15)17-3/h12,14,16H,4-11H2,1-3H3. The first-order valence-electron chi connectivity index (χ1n) is 6.75. The molecule has 17 heavy (non-hydrogen) atoms. The average Bonchev–Trinajstić information content (AvgIpc) is 2.30. The summed E-state index contributed by atoms with van der Waals surface area (Å²) in [4.78, 5) is 2.45. The highest BCUT2D eigenvalue weighted by atomic mass is 16.5. The van der Waals surface area contributed by atoms with Crippen molar-refractivity contribution in [3.63, 3.8) is 0 Å². The molecule has 2 unspecified atom stereocenters. The van der Waals surface area contributed by atoms with Crippen LogP contribution in [0.3, 0.4) is 0 Å². The first-order chi connectivity index (χ1) is 8.13. The predicted molar refractivity (Wildman–Crippen MR) is 70.3 cm³/mol. The molecule has 0 aromatic heterocycles. The van der Waals surface area contributed by atoms with Crippen molar-refractivity contribution in [2.45, 2.75) is 44.8 Å². The van der Waals surface area contributed by atoms with Gasteiger partial charge in [0.2, 0.25) is 0 Å². The first-order valence-corrected chi connectivity index (χ1v) is 6.75. The SMILES string of the molecule is CCNC(CCO)CN1CCCC(C)(OC)C1. The van der Waals surface area contributed by atoms with E-state index in [0.717, 1.165) is 39.0 Å². The van der Waals surface area contributed by atoms with Crippen LogP contribution in [0, 0.1) is 0 Å². The molecule has 4 heteroatoms. The summed E-state index contributed by atoms with van der Waals surface area (Å²) < 4.78 is 5.60. The Morgan fingerprint density at radius 3 is 2.88 bits per heavy atom. The fourth-order valence-electron chi connectivity index (χ4n) is 2.64. The highest BCUT2D eigenvalue weighted by Gasteiger charge is 2.31. The van der Waals surface area contributed by atoms with E-state index in [1.54, 1.807) is 7.11 Å². The Bertz CT molecular complexity index is 208. The molecule has 0 aromatic carbocycles. The van der Waals surface area contributed by atoms with Crippen molar-refractivity contribution < 1.29 is 9.84 Å². The third kappa shape index (κ3) is 4.92. The second-order valence-corrected chi connectivity index (χ2v) is 5.26. The maximum absolute atomic E-state index is 9.06. The van der Waals surface area contributed by atoms with Crippen LogP contribution in [0.1, 0.15) is 33.1 Å². The van der Waals surface area contributed by atoms with Gasteiger partial charge < -0.3 is 15.2 Å². The topological polar surface area (TPSA) is 44.7 Å². The average molecular weight is 244 g/mol. The number of aliphatic hydroxyl groups is 1. The summed E-state index contributed by atoms with van der Waals surface area (Å²) in [6, 6.07) is 0.393. The number of nitrogens with one attached hydrogen (secondary N) is 1. The van der Waals surface area contributed by atoms with E-state index < -0.39 is 0 Å². The van der Waals surface area contributed by atoms with Gasteiger partial charge in [0.15, 0.2) is 0 Å². The van der Waals surface area contributed by atoms with Crippen LogP contribution in [-0.4, -0.2) is 61.5 Å². The second kappa shape index (κ2) is 7.31. The van der Waals surface area contributed by atoms with Gasteiger partial charge in [0.05, 0.1) is 5.60 Å². The molecule has 2 N–H and O–H groups in total.